The van der Waals surface area contributed by atoms with Gasteiger partial charge < -0.3 is 5.32 Å². The number of anilines is 1. The van der Waals surface area contributed by atoms with Crippen LogP contribution in [0.2, 0.25) is 0 Å². The average Bonchev–Trinajstić information content (AvgIpc) is 2.44. The van der Waals surface area contributed by atoms with Crippen LogP contribution in [-0.4, -0.2) is 11.0 Å². The molecule has 2 aromatic carbocycles. The molecule has 1 fully saturated rings. The second kappa shape index (κ2) is 5.52. The van der Waals surface area contributed by atoms with Crippen LogP contribution in [0.15, 0.2) is 48.5 Å². The van der Waals surface area contributed by atoms with Crippen molar-refractivity contribution in [2.75, 3.05) is 5.32 Å². The van der Waals surface area contributed by atoms with E-state index in [0.29, 0.717) is 11.6 Å². The summed E-state index contributed by atoms with van der Waals surface area (Å²) in [6.45, 7) is 0. The van der Waals surface area contributed by atoms with Crippen LogP contribution in [-0.2, 0) is 0 Å². The normalized spacial score (nSPS) is 20.6. The van der Waals surface area contributed by atoms with Crippen LogP contribution in [0.1, 0.15) is 24.3 Å². The summed E-state index contributed by atoms with van der Waals surface area (Å²) in [6, 6.07) is 14.5. The second-order valence-electron chi connectivity index (χ2n) is 5.34. The lowest BCUT2D eigenvalue weighted by molar-refractivity contribution is -0.387. The van der Waals surface area contributed by atoms with Crippen molar-refractivity contribution >= 4 is 11.4 Å². The van der Waals surface area contributed by atoms with Gasteiger partial charge in [0.1, 0.15) is 0 Å². The molecule has 5 heteroatoms. The molecule has 0 aliphatic heterocycles. The predicted molar refractivity (Wildman–Crippen MR) is 78.9 cm³/mol. The molecule has 2 aromatic rings. The Morgan fingerprint density at radius 3 is 2.52 bits per heavy atom. The first-order valence-electron chi connectivity index (χ1n) is 6.89. The number of nitrogens with zero attached hydrogens (tertiary/aromatic N) is 1. The summed E-state index contributed by atoms with van der Waals surface area (Å²) < 4.78 is 13.3. The molecule has 0 spiro atoms. The lowest BCUT2D eigenvalue weighted by Gasteiger charge is -2.36. The first-order valence-corrected chi connectivity index (χ1v) is 6.89. The van der Waals surface area contributed by atoms with E-state index in [2.05, 4.69) is 17.4 Å². The Balaban J connectivity index is 1.62. The molecule has 0 bridgehead atoms. The Labute approximate surface area is 121 Å². The summed E-state index contributed by atoms with van der Waals surface area (Å²) in [4.78, 5) is 10.0. The number of nitro groups is 1. The molecule has 1 saturated carbocycles. The van der Waals surface area contributed by atoms with E-state index < -0.39 is 16.4 Å². The molecule has 0 unspecified atom stereocenters. The van der Waals surface area contributed by atoms with Gasteiger partial charge in [0.05, 0.1) is 4.92 Å². The largest absolute Gasteiger partial charge is 0.382 e. The number of rotatable bonds is 4. The maximum absolute atomic E-state index is 13.3. The third-order valence-corrected chi connectivity index (χ3v) is 3.92. The zero-order valence-electron chi connectivity index (χ0n) is 11.3. The summed E-state index contributed by atoms with van der Waals surface area (Å²) in [6.07, 6.45) is 1.96. The van der Waals surface area contributed by atoms with Crippen LogP contribution in [0.25, 0.3) is 0 Å². The smallest absolute Gasteiger partial charge is 0.306 e. The Hall–Kier alpha value is -2.43. The predicted octanol–water partition coefficient (Wildman–Crippen LogP) is 4.09. The molecule has 0 amide bonds. The van der Waals surface area contributed by atoms with E-state index in [0.717, 1.165) is 18.9 Å². The highest BCUT2D eigenvalue weighted by Crippen LogP contribution is 2.38. The van der Waals surface area contributed by atoms with Crippen LogP contribution in [0.5, 0.6) is 0 Å². The van der Waals surface area contributed by atoms with Crippen molar-refractivity contribution in [2.24, 2.45) is 0 Å². The minimum absolute atomic E-state index is 0.278. The molecule has 108 valence electrons. The molecule has 0 atom stereocenters. The van der Waals surface area contributed by atoms with Gasteiger partial charge in [0.15, 0.2) is 0 Å². The monoisotopic (exact) mass is 286 g/mol. The fraction of sp³-hybridized carbons (Fsp3) is 0.250. The molecule has 1 aliphatic rings. The molecular formula is C16H15FN2O2. The standard InChI is InChI=1S/C16H15FN2O2/c17-15-7-6-13(10-16(15)19(20)21)18-14-8-12(9-14)11-4-2-1-3-5-11/h1-7,10,12,14,18H,8-9H2. The number of nitro benzene ring substituents is 1. The van der Waals surface area contributed by atoms with Crippen molar-refractivity contribution < 1.29 is 9.31 Å². The van der Waals surface area contributed by atoms with Gasteiger partial charge in [0.25, 0.3) is 0 Å². The highest BCUT2D eigenvalue weighted by molar-refractivity contribution is 5.52. The molecular weight excluding hydrogens is 271 g/mol. The quantitative estimate of drug-likeness (QED) is 0.680. The molecule has 4 nitrogen and oxygen atoms in total. The van der Waals surface area contributed by atoms with Crippen LogP contribution in [0.3, 0.4) is 0 Å². The van der Waals surface area contributed by atoms with E-state index in [1.54, 1.807) is 0 Å². The molecule has 1 N–H and O–H groups in total. The summed E-state index contributed by atoms with van der Waals surface area (Å²) in [7, 11) is 0. The lowest BCUT2D eigenvalue weighted by Crippen LogP contribution is -2.33. The Morgan fingerprint density at radius 1 is 1.14 bits per heavy atom. The summed E-state index contributed by atoms with van der Waals surface area (Å²) in [5, 5.41) is 13.9. The van der Waals surface area contributed by atoms with Gasteiger partial charge in [-0.1, -0.05) is 30.3 Å². The van der Waals surface area contributed by atoms with E-state index in [9.17, 15) is 14.5 Å². The summed E-state index contributed by atoms with van der Waals surface area (Å²) in [5.41, 5.74) is 1.43. The molecule has 3 rings (SSSR count). The van der Waals surface area contributed by atoms with Gasteiger partial charge in [-0.25, -0.2) is 0 Å². The van der Waals surface area contributed by atoms with Gasteiger partial charge in [-0.15, -0.1) is 0 Å². The molecule has 0 radical (unpaired) electrons. The number of hydrogen-bond donors (Lipinski definition) is 1. The fourth-order valence-electron chi connectivity index (χ4n) is 2.71. The molecule has 21 heavy (non-hydrogen) atoms. The van der Waals surface area contributed by atoms with Gasteiger partial charge in [0, 0.05) is 17.8 Å². The van der Waals surface area contributed by atoms with Gasteiger partial charge in [0.2, 0.25) is 5.82 Å². The third kappa shape index (κ3) is 2.86. The Morgan fingerprint density at radius 2 is 1.86 bits per heavy atom. The lowest BCUT2D eigenvalue weighted by atomic mass is 9.76. The van der Waals surface area contributed by atoms with Gasteiger partial charge >= 0.3 is 5.69 Å². The Kier molecular flexibility index (Phi) is 3.56. The maximum atomic E-state index is 13.3. The zero-order valence-corrected chi connectivity index (χ0v) is 11.3. The number of hydrogen-bond acceptors (Lipinski definition) is 3. The van der Waals surface area contributed by atoms with Gasteiger partial charge in [-0.3, -0.25) is 10.1 Å². The molecule has 0 heterocycles. The molecule has 0 saturated heterocycles. The van der Waals surface area contributed by atoms with Crippen LogP contribution in [0.4, 0.5) is 15.8 Å². The highest BCUT2D eigenvalue weighted by Gasteiger charge is 2.30. The number of nitrogens with one attached hydrogen (secondary N) is 1. The van der Waals surface area contributed by atoms with Crippen molar-refractivity contribution in [2.45, 2.75) is 24.8 Å². The first kappa shape index (κ1) is 13.5. The summed E-state index contributed by atoms with van der Waals surface area (Å²) in [5.74, 6) is -0.277. The van der Waals surface area contributed by atoms with Crippen LogP contribution >= 0.6 is 0 Å². The number of halogens is 1. The second-order valence-corrected chi connectivity index (χ2v) is 5.34. The van der Waals surface area contributed by atoms with E-state index in [-0.39, 0.29) is 6.04 Å². The minimum atomic E-state index is -0.804. The summed E-state index contributed by atoms with van der Waals surface area (Å²) >= 11 is 0. The van der Waals surface area contributed by atoms with Gasteiger partial charge in [-0.2, -0.15) is 4.39 Å². The van der Waals surface area contributed by atoms with Crippen molar-refractivity contribution in [3.05, 3.63) is 70.0 Å². The minimum Gasteiger partial charge on any atom is -0.382 e. The molecule has 0 aromatic heterocycles. The van der Waals surface area contributed by atoms with Crippen LogP contribution < -0.4 is 5.32 Å². The Bertz CT molecular complexity index is 655. The van der Waals surface area contributed by atoms with E-state index >= 15 is 0 Å². The van der Waals surface area contributed by atoms with E-state index in [4.69, 9.17) is 0 Å². The first-order chi connectivity index (χ1) is 10.1. The van der Waals surface area contributed by atoms with Crippen molar-refractivity contribution in [3.63, 3.8) is 0 Å². The fourth-order valence-corrected chi connectivity index (χ4v) is 2.71. The van der Waals surface area contributed by atoms with Gasteiger partial charge in [-0.05, 0) is 36.5 Å². The van der Waals surface area contributed by atoms with Crippen LogP contribution in [0, 0.1) is 15.9 Å². The number of benzene rings is 2. The maximum Gasteiger partial charge on any atom is 0.306 e. The topological polar surface area (TPSA) is 55.2 Å². The SMILES string of the molecule is O=[N+]([O-])c1cc(NC2CC(c3ccccc3)C2)ccc1F. The van der Waals surface area contributed by atoms with E-state index in [1.165, 1.54) is 17.7 Å². The third-order valence-electron chi connectivity index (χ3n) is 3.92. The van der Waals surface area contributed by atoms with Crippen molar-refractivity contribution in [1.82, 2.24) is 0 Å². The highest BCUT2D eigenvalue weighted by atomic mass is 19.1. The van der Waals surface area contributed by atoms with Crippen molar-refractivity contribution in [3.8, 4) is 0 Å². The van der Waals surface area contributed by atoms with Crippen molar-refractivity contribution in [1.29, 1.82) is 0 Å². The average molecular weight is 286 g/mol. The van der Waals surface area contributed by atoms with E-state index in [1.807, 2.05) is 18.2 Å². The molecule has 1 aliphatic carbocycles. The zero-order chi connectivity index (χ0) is 14.8.